The molecule has 1 spiro atoms. The van der Waals surface area contributed by atoms with Crippen LogP contribution in [-0.4, -0.2) is 0 Å². The van der Waals surface area contributed by atoms with Crippen LogP contribution in [0.2, 0.25) is 0 Å². The lowest BCUT2D eigenvalue weighted by Gasteiger charge is -2.41. The molecule has 4 aliphatic rings. The normalized spacial score (nSPS) is 19.9. The Morgan fingerprint density at radius 2 is 1.07 bits per heavy atom. The van der Waals surface area contributed by atoms with Crippen LogP contribution in [-0.2, 0) is 0 Å². The predicted octanol–water partition coefficient (Wildman–Crippen LogP) is 5.83. The number of hydrogen-bond acceptors (Lipinski definition) is 2. The van der Waals surface area contributed by atoms with Gasteiger partial charge in [-0.2, -0.15) is 0 Å². The molecule has 27 heavy (non-hydrogen) atoms. The van der Waals surface area contributed by atoms with Gasteiger partial charge in [-0.05, 0) is 36.4 Å². The first kappa shape index (κ1) is 14.6. The molecule has 2 aromatic rings. The van der Waals surface area contributed by atoms with Crippen LogP contribution in [0.25, 0.3) is 12.2 Å². The standard InChI is InChI=1S/C25H16O2/c1-3-9-21-17(7-1)15-19-23(26-21)11-5-13-25(19)14-6-12-24-20(25)16-18-8-2-4-10-22(18)27-24/h1-16H. The van der Waals surface area contributed by atoms with Gasteiger partial charge in [0.15, 0.2) is 0 Å². The minimum absolute atomic E-state index is 0.394. The van der Waals surface area contributed by atoms with Crippen molar-refractivity contribution >= 4 is 12.2 Å². The zero-order chi connectivity index (χ0) is 17.8. The van der Waals surface area contributed by atoms with Gasteiger partial charge in [-0.15, -0.1) is 0 Å². The maximum absolute atomic E-state index is 6.23. The Morgan fingerprint density at radius 1 is 0.593 bits per heavy atom. The van der Waals surface area contributed by atoms with Gasteiger partial charge in [-0.1, -0.05) is 60.7 Å². The summed E-state index contributed by atoms with van der Waals surface area (Å²) in [5.41, 5.74) is 4.08. The first-order valence-electron chi connectivity index (χ1n) is 9.11. The molecule has 0 unspecified atom stereocenters. The summed E-state index contributed by atoms with van der Waals surface area (Å²) in [6, 6.07) is 16.3. The van der Waals surface area contributed by atoms with Crippen molar-refractivity contribution in [3.63, 3.8) is 0 Å². The van der Waals surface area contributed by atoms with E-state index < -0.39 is 5.41 Å². The predicted molar refractivity (Wildman–Crippen MR) is 107 cm³/mol. The molecule has 0 saturated carbocycles. The molecule has 128 valence electrons. The molecular formula is C25H16O2. The van der Waals surface area contributed by atoms with Gasteiger partial charge in [-0.25, -0.2) is 0 Å². The van der Waals surface area contributed by atoms with Crippen LogP contribution in [0, 0.1) is 5.41 Å². The first-order valence-corrected chi connectivity index (χ1v) is 9.11. The molecule has 2 heteroatoms. The van der Waals surface area contributed by atoms with Gasteiger partial charge in [-0.3, -0.25) is 0 Å². The highest BCUT2D eigenvalue weighted by atomic mass is 16.5. The smallest absolute Gasteiger partial charge is 0.134 e. The van der Waals surface area contributed by atoms with Crippen LogP contribution < -0.4 is 9.47 Å². The second-order valence-electron chi connectivity index (χ2n) is 7.04. The van der Waals surface area contributed by atoms with E-state index >= 15 is 0 Å². The Balaban J connectivity index is 1.59. The SMILES string of the molecule is C1=CC2(C=CC=C3Oc4ccccc4C=C32)C2=Cc3ccccc3OC2=C1. The van der Waals surface area contributed by atoms with Crippen molar-refractivity contribution in [3.05, 3.63) is 119 Å². The summed E-state index contributed by atoms with van der Waals surface area (Å²) in [4.78, 5) is 0. The topological polar surface area (TPSA) is 18.5 Å². The monoisotopic (exact) mass is 348 g/mol. The Hall–Kier alpha value is -3.52. The fourth-order valence-electron chi connectivity index (χ4n) is 4.21. The van der Waals surface area contributed by atoms with Crippen molar-refractivity contribution in [3.8, 4) is 11.5 Å². The van der Waals surface area contributed by atoms with E-state index in [-0.39, 0.29) is 0 Å². The second-order valence-corrected chi connectivity index (χ2v) is 7.04. The van der Waals surface area contributed by atoms with Crippen LogP contribution in [0.1, 0.15) is 11.1 Å². The lowest BCUT2D eigenvalue weighted by molar-refractivity contribution is 0.389. The van der Waals surface area contributed by atoms with E-state index in [0.29, 0.717) is 0 Å². The molecule has 2 heterocycles. The van der Waals surface area contributed by atoms with Gasteiger partial charge in [0.2, 0.25) is 0 Å². The Kier molecular flexibility index (Phi) is 2.84. The van der Waals surface area contributed by atoms with Crippen LogP contribution >= 0.6 is 0 Å². The van der Waals surface area contributed by atoms with Gasteiger partial charge in [0.05, 0.1) is 5.41 Å². The summed E-state index contributed by atoms with van der Waals surface area (Å²) < 4.78 is 12.5. The van der Waals surface area contributed by atoms with Gasteiger partial charge >= 0.3 is 0 Å². The number of hydrogen-bond donors (Lipinski definition) is 0. The van der Waals surface area contributed by atoms with Crippen molar-refractivity contribution in [1.82, 2.24) is 0 Å². The maximum Gasteiger partial charge on any atom is 0.134 e. The summed E-state index contributed by atoms with van der Waals surface area (Å²) in [5, 5.41) is 0. The number of rotatable bonds is 0. The lowest BCUT2D eigenvalue weighted by atomic mass is 9.66. The third-order valence-corrected chi connectivity index (χ3v) is 5.51. The summed E-state index contributed by atoms with van der Waals surface area (Å²) in [5.74, 6) is 3.57. The Bertz CT molecular complexity index is 1070. The first-order chi connectivity index (χ1) is 13.3. The summed E-state index contributed by atoms with van der Waals surface area (Å²) >= 11 is 0. The van der Waals surface area contributed by atoms with Crippen molar-refractivity contribution in [2.24, 2.45) is 5.41 Å². The number of allylic oxidation sites excluding steroid dienone is 8. The van der Waals surface area contributed by atoms with Gasteiger partial charge in [0.25, 0.3) is 0 Å². The zero-order valence-corrected chi connectivity index (χ0v) is 14.6. The molecule has 6 rings (SSSR count). The van der Waals surface area contributed by atoms with Crippen molar-refractivity contribution in [2.45, 2.75) is 0 Å². The summed E-state index contributed by atoms with van der Waals surface area (Å²) in [6.45, 7) is 0. The third-order valence-electron chi connectivity index (χ3n) is 5.51. The van der Waals surface area contributed by atoms with E-state index in [4.69, 9.17) is 9.47 Å². The Labute approximate surface area is 157 Å². The van der Waals surface area contributed by atoms with E-state index in [1.54, 1.807) is 0 Å². The van der Waals surface area contributed by atoms with E-state index in [0.717, 1.165) is 45.3 Å². The van der Waals surface area contributed by atoms with Gasteiger partial charge < -0.3 is 9.47 Å². The fraction of sp³-hybridized carbons (Fsp3) is 0.0400. The molecule has 0 atom stereocenters. The third kappa shape index (κ3) is 2.01. The highest BCUT2D eigenvalue weighted by molar-refractivity contribution is 5.79. The zero-order valence-electron chi connectivity index (χ0n) is 14.6. The lowest BCUT2D eigenvalue weighted by Crippen LogP contribution is -2.31. The molecule has 0 fully saturated rings. The summed E-state index contributed by atoms with van der Waals surface area (Å²) in [7, 11) is 0. The molecule has 2 nitrogen and oxygen atoms in total. The number of para-hydroxylation sites is 2. The molecule has 0 radical (unpaired) electrons. The van der Waals surface area contributed by atoms with Crippen molar-refractivity contribution in [1.29, 1.82) is 0 Å². The summed E-state index contributed by atoms with van der Waals surface area (Å²) in [6.07, 6.45) is 17.2. The van der Waals surface area contributed by atoms with Gasteiger partial charge in [0, 0.05) is 22.3 Å². The minimum Gasteiger partial charge on any atom is -0.456 e. The highest BCUT2D eigenvalue weighted by Crippen LogP contribution is 2.54. The van der Waals surface area contributed by atoms with Crippen LogP contribution in [0.5, 0.6) is 11.5 Å². The average molecular weight is 348 g/mol. The van der Waals surface area contributed by atoms with Crippen LogP contribution in [0.15, 0.2) is 108 Å². The maximum atomic E-state index is 6.23. The van der Waals surface area contributed by atoms with Gasteiger partial charge in [0.1, 0.15) is 23.0 Å². The molecular weight excluding hydrogens is 332 g/mol. The molecule has 0 saturated heterocycles. The second kappa shape index (κ2) is 5.24. The van der Waals surface area contributed by atoms with E-state index in [1.807, 2.05) is 48.6 Å². The minimum atomic E-state index is -0.394. The molecule has 0 aromatic heterocycles. The van der Waals surface area contributed by atoms with E-state index in [9.17, 15) is 0 Å². The van der Waals surface area contributed by atoms with Crippen LogP contribution in [0.3, 0.4) is 0 Å². The molecule has 0 N–H and O–H groups in total. The van der Waals surface area contributed by atoms with E-state index in [1.165, 1.54) is 0 Å². The number of fused-ring (bicyclic) bond motifs is 6. The number of benzene rings is 2. The number of ether oxygens (including phenoxy) is 2. The quantitative estimate of drug-likeness (QED) is 0.596. The van der Waals surface area contributed by atoms with Crippen LogP contribution in [0.4, 0.5) is 0 Å². The molecule has 2 aliphatic heterocycles. The van der Waals surface area contributed by atoms with Crippen molar-refractivity contribution < 1.29 is 9.47 Å². The highest BCUT2D eigenvalue weighted by Gasteiger charge is 2.43. The molecule has 0 amide bonds. The Morgan fingerprint density at radius 3 is 1.59 bits per heavy atom. The molecule has 2 aliphatic carbocycles. The average Bonchev–Trinajstić information content (AvgIpc) is 2.72. The fourth-order valence-corrected chi connectivity index (χ4v) is 4.21. The largest absolute Gasteiger partial charge is 0.456 e. The molecule has 2 aromatic carbocycles. The molecule has 0 bridgehead atoms. The van der Waals surface area contributed by atoms with E-state index in [2.05, 4.69) is 48.6 Å². The van der Waals surface area contributed by atoms with Crippen molar-refractivity contribution in [2.75, 3.05) is 0 Å².